The first-order chi connectivity index (χ1) is 12.5. The number of likely N-dealkylation sites (N-methyl/N-ethyl adjacent to an activating group) is 1. The lowest BCUT2D eigenvalue weighted by Gasteiger charge is -2.11. The van der Waals surface area contributed by atoms with Gasteiger partial charge in [0.05, 0.1) is 12.2 Å². The fourth-order valence-electron chi connectivity index (χ4n) is 2.67. The van der Waals surface area contributed by atoms with Crippen LogP contribution in [0.5, 0.6) is 0 Å². The first-order valence-corrected chi connectivity index (χ1v) is 9.30. The van der Waals surface area contributed by atoms with E-state index in [-0.39, 0.29) is 5.91 Å². The van der Waals surface area contributed by atoms with E-state index in [1.54, 1.807) is 13.0 Å². The summed E-state index contributed by atoms with van der Waals surface area (Å²) in [5, 5.41) is 8.15. The number of benzene rings is 1. The Morgan fingerprint density at radius 2 is 2.04 bits per heavy atom. The number of aryl methyl sites for hydroxylation is 1. The van der Waals surface area contributed by atoms with Gasteiger partial charge in [0.1, 0.15) is 9.71 Å². The molecule has 3 rings (SSSR count). The summed E-state index contributed by atoms with van der Waals surface area (Å²) in [5.41, 5.74) is 2.00. The molecule has 1 N–H and O–H groups in total. The maximum Gasteiger partial charge on any atom is 0.349 e. The van der Waals surface area contributed by atoms with E-state index < -0.39 is 12.1 Å². The van der Waals surface area contributed by atoms with E-state index in [4.69, 9.17) is 4.74 Å². The van der Waals surface area contributed by atoms with Crippen LogP contribution >= 0.6 is 11.3 Å². The van der Waals surface area contributed by atoms with E-state index in [2.05, 4.69) is 10.4 Å². The van der Waals surface area contributed by atoms with Gasteiger partial charge in [-0.3, -0.25) is 9.48 Å². The number of nitrogens with one attached hydrogen (secondary N) is 1. The quantitative estimate of drug-likeness (QED) is 0.676. The van der Waals surface area contributed by atoms with E-state index >= 15 is 0 Å². The normalized spacial score (nSPS) is 12.1. The van der Waals surface area contributed by atoms with Crippen molar-refractivity contribution in [2.75, 3.05) is 6.54 Å². The molecule has 0 aliphatic heterocycles. The monoisotopic (exact) mass is 371 g/mol. The van der Waals surface area contributed by atoms with Crippen molar-refractivity contribution in [2.45, 2.75) is 33.4 Å². The number of ether oxygens (including phenoxy) is 1. The summed E-state index contributed by atoms with van der Waals surface area (Å²) in [6.07, 6.45) is -0.824. The van der Waals surface area contributed by atoms with Gasteiger partial charge in [-0.1, -0.05) is 30.3 Å². The number of fused-ring (bicyclic) bond motifs is 1. The van der Waals surface area contributed by atoms with E-state index in [9.17, 15) is 9.59 Å². The summed E-state index contributed by atoms with van der Waals surface area (Å²) in [4.78, 5) is 25.5. The molecule has 26 heavy (non-hydrogen) atoms. The lowest BCUT2D eigenvalue weighted by Crippen LogP contribution is -2.35. The zero-order chi connectivity index (χ0) is 18.7. The van der Waals surface area contributed by atoms with Crippen molar-refractivity contribution < 1.29 is 14.3 Å². The van der Waals surface area contributed by atoms with Crippen LogP contribution in [0.15, 0.2) is 36.4 Å². The summed E-state index contributed by atoms with van der Waals surface area (Å²) in [5.74, 6) is -0.788. The molecule has 0 spiro atoms. The maximum atomic E-state index is 12.4. The van der Waals surface area contributed by atoms with Gasteiger partial charge in [0.25, 0.3) is 5.91 Å². The second kappa shape index (κ2) is 7.70. The minimum Gasteiger partial charge on any atom is -0.448 e. The first kappa shape index (κ1) is 18.1. The molecule has 1 aromatic carbocycles. The number of hydrogen-bond acceptors (Lipinski definition) is 5. The van der Waals surface area contributed by atoms with Crippen LogP contribution in [0.4, 0.5) is 0 Å². The second-order valence-corrected chi connectivity index (χ2v) is 7.03. The Balaban J connectivity index is 1.82. The summed E-state index contributed by atoms with van der Waals surface area (Å²) in [7, 11) is 0. The Bertz CT molecular complexity index is 930. The average Bonchev–Trinajstić information content (AvgIpc) is 3.18. The van der Waals surface area contributed by atoms with Crippen molar-refractivity contribution in [1.82, 2.24) is 15.1 Å². The first-order valence-electron chi connectivity index (χ1n) is 8.49. The van der Waals surface area contributed by atoms with Crippen molar-refractivity contribution in [2.24, 2.45) is 0 Å². The Morgan fingerprint density at radius 3 is 2.73 bits per heavy atom. The molecule has 1 atom stereocenters. The van der Waals surface area contributed by atoms with E-state index in [1.165, 1.54) is 11.3 Å². The molecule has 1 amide bonds. The smallest absolute Gasteiger partial charge is 0.349 e. The van der Waals surface area contributed by atoms with Crippen molar-refractivity contribution in [3.63, 3.8) is 0 Å². The molecule has 0 bridgehead atoms. The van der Waals surface area contributed by atoms with E-state index in [0.29, 0.717) is 18.0 Å². The summed E-state index contributed by atoms with van der Waals surface area (Å²) >= 11 is 1.33. The highest BCUT2D eigenvalue weighted by Crippen LogP contribution is 2.29. The molecule has 0 fully saturated rings. The van der Waals surface area contributed by atoms with Crippen LogP contribution in [0.3, 0.4) is 0 Å². The predicted octanol–water partition coefficient (Wildman–Crippen LogP) is 3.14. The third-order valence-corrected chi connectivity index (χ3v) is 5.12. The van der Waals surface area contributed by atoms with Gasteiger partial charge >= 0.3 is 5.97 Å². The van der Waals surface area contributed by atoms with Crippen molar-refractivity contribution in [3.8, 4) is 0 Å². The number of nitrogens with zero attached hydrogens (tertiary/aromatic N) is 2. The standard InChI is InChI=1S/C19H21N3O3S/c1-4-20-17(23)13(3)25-19(24)16-10-15-12(2)21-22(18(15)26-16)11-14-8-6-5-7-9-14/h5-10,13H,4,11H2,1-3H3,(H,20,23)/t13-/m1/s1. The molecule has 2 aromatic heterocycles. The highest BCUT2D eigenvalue weighted by Gasteiger charge is 2.22. The molecule has 6 nitrogen and oxygen atoms in total. The number of carbonyl (C=O) groups excluding carboxylic acids is 2. The second-order valence-electron chi connectivity index (χ2n) is 6.00. The molecular weight excluding hydrogens is 350 g/mol. The topological polar surface area (TPSA) is 73.2 Å². The fourth-order valence-corrected chi connectivity index (χ4v) is 3.71. The van der Waals surface area contributed by atoms with Crippen molar-refractivity contribution >= 4 is 33.4 Å². The SMILES string of the molecule is CCNC(=O)[C@@H](C)OC(=O)c1cc2c(C)nn(Cc3ccccc3)c2s1. The van der Waals surface area contributed by atoms with Crippen LogP contribution in [0, 0.1) is 6.92 Å². The van der Waals surface area contributed by atoms with Gasteiger partial charge in [0.15, 0.2) is 6.10 Å². The zero-order valence-electron chi connectivity index (χ0n) is 15.0. The van der Waals surface area contributed by atoms with Gasteiger partial charge in [0, 0.05) is 11.9 Å². The molecule has 2 heterocycles. The number of hydrogen-bond donors (Lipinski definition) is 1. The maximum absolute atomic E-state index is 12.4. The van der Waals surface area contributed by atoms with Crippen LogP contribution in [-0.4, -0.2) is 34.3 Å². The Kier molecular flexibility index (Phi) is 5.37. The molecule has 136 valence electrons. The number of amides is 1. The molecule has 0 saturated carbocycles. The van der Waals surface area contributed by atoms with Gasteiger partial charge in [-0.15, -0.1) is 11.3 Å². The molecule has 0 aliphatic rings. The van der Waals surface area contributed by atoms with Crippen LogP contribution in [0.25, 0.3) is 10.2 Å². The van der Waals surface area contributed by atoms with Crippen LogP contribution in [-0.2, 0) is 16.1 Å². The van der Waals surface area contributed by atoms with Crippen LogP contribution < -0.4 is 5.32 Å². The number of thiophene rings is 1. The largest absolute Gasteiger partial charge is 0.448 e. The summed E-state index contributed by atoms with van der Waals surface area (Å²) < 4.78 is 7.17. The van der Waals surface area contributed by atoms with Crippen molar-refractivity contribution in [3.05, 3.63) is 52.5 Å². The third-order valence-electron chi connectivity index (χ3n) is 3.99. The molecular formula is C19H21N3O3S. The lowest BCUT2D eigenvalue weighted by atomic mass is 10.2. The van der Waals surface area contributed by atoms with Crippen molar-refractivity contribution in [1.29, 1.82) is 0 Å². The number of carbonyl (C=O) groups is 2. The average molecular weight is 371 g/mol. The van der Waals surface area contributed by atoms with Crippen LogP contribution in [0.2, 0.25) is 0 Å². The molecule has 0 aliphatic carbocycles. The highest BCUT2D eigenvalue weighted by molar-refractivity contribution is 7.20. The zero-order valence-corrected chi connectivity index (χ0v) is 15.8. The Morgan fingerprint density at radius 1 is 1.31 bits per heavy atom. The number of rotatable bonds is 6. The van der Waals surface area contributed by atoms with Gasteiger partial charge in [-0.25, -0.2) is 4.79 Å². The van der Waals surface area contributed by atoms with E-state index in [1.807, 2.05) is 48.9 Å². The third kappa shape index (κ3) is 3.77. The molecule has 3 aromatic rings. The highest BCUT2D eigenvalue weighted by atomic mass is 32.1. The molecule has 0 unspecified atom stereocenters. The Labute approximate surface area is 155 Å². The van der Waals surface area contributed by atoms with Gasteiger partial charge < -0.3 is 10.1 Å². The number of esters is 1. The molecule has 0 saturated heterocycles. The summed E-state index contributed by atoms with van der Waals surface area (Å²) in [6.45, 7) is 6.44. The van der Waals surface area contributed by atoms with Gasteiger partial charge in [0.2, 0.25) is 0 Å². The lowest BCUT2D eigenvalue weighted by molar-refractivity contribution is -0.128. The molecule has 0 radical (unpaired) electrons. The van der Waals surface area contributed by atoms with Crippen LogP contribution in [0.1, 0.15) is 34.8 Å². The predicted molar refractivity (Wildman–Crippen MR) is 101 cm³/mol. The van der Waals surface area contributed by atoms with Gasteiger partial charge in [-0.2, -0.15) is 5.10 Å². The summed E-state index contributed by atoms with van der Waals surface area (Å²) in [6, 6.07) is 11.8. The minimum atomic E-state index is -0.824. The van der Waals surface area contributed by atoms with Gasteiger partial charge in [-0.05, 0) is 32.4 Å². The molecule has 7 heteroatoms. The Hall–Kier alpha value is -2.67. The van der Waals surface area contributed by atoms with E-state index in [0.717, 1.165) is 21.5 Å². The minimum absolute atomic E-state index is 0.298. The number of aromatic nitrogens is 2. The fraction of sp³-hybridized carbons (Fsp3) is 0.316.